The summed E-state index contributed by atoms with van der Waals surface area (Å²) in [6.45, 7) is 6.73. The van der Waals surface area contributed by atoms with Crippen molar-refractivity contribution in [3.8, 4) is 0 Å². The SMILES string of the molecule is CCCC1CCN(c2ccc(CC(N)CC)cn2)CC1. The lowest BCUT2D eigenvalue weighted by atomic mass is 9.92. The van der Waals surface area contributed by atoms with Crippen molar-refractivity contribution < 1.29 is 0 Å². The molecule has 0 radical (unpaired) electrons. The highest BCUT2D eigenvalue weighted by atomic mass is 15.2. The Hall–Kier alpha value is -1.09. The van der Waals surface area contributed by atoms with Gasteiger partial charge in [0.25, 0.3) is 0 Å². The van der Waals surface area contributed by atoms with E-state index in [1.54, 1.807) is 0 Å². The third-order valence-corrected chi connectivity index (χ3v) is 4.47. The molecule has 0 spiro atoms. The molecule has 1 aromatic heterocycles. The fraction of sp³-hybridized carbons (Fsp3) is 0.706. The standard InChI is InChI=1S/C17H29N3/c1-3-5-14-8-10-20(11-9-14)17-7-6-15(13-19-17)12-16(18)4-2/h6-7,13-14,16H,3-5,8-12,18H2,1-2H3. The summed E-state index contributed by atoms with van der Waals surface area (Å²) in [6.07, 6.45) is 9.29. The molecule has 0 bridgehead atoms. The first-order valence-corrected chi connectivity index (χ1v) is 8.18. The Morgan fingerprint density at radius 2 is 2.05 bits per heavy atom. The van der Waals surface area contributed by atoms with Crippen molar-refractivity contribution in [2.45, 2.75) is 58.4 Å². The van der Waals surface area contributed by atoms with Gasteiger partial charge in [-0.25, -0.2) is 4.98 Å². The Kier molecular flexibility index (Phi) is 5.84. The number of pyridine rings is 1. The summed E-state index contributed by atoms with van der Waals surface area (Å²) in [7, 11) is 0. The van der Waals surface area contributed by atoms with E-state index in [9.17, 15) is 0 Å². The fourth-order valence-corrected chi connectivity index (χ4v) is 3.03. The molecule has 0 saturated carbocycles. The van der Waals surface area contributed by atoms with E-state index < -0.39 is 0 Å². The van der Waals surface area contributed by atoms with Crippen LogP contribution in [0, 0.1) is 5.92 Å². The van der Waals surface area contributed by atoms with Crippen LogP contribution >= 0.6 is 0 Å². The molecule has 2 rings (SSSR count). The van der Waals surface area contributed by atoms with E-state index in [1.807, 2.05) is 6.20 Å². The molecule has 112 valence electrons. The maximum absolute atomic E-state index is 5.99. The van der Waals surface area contributed by atoms with E-state index in [1.165, 1.54) is 31.2 Å². The van der Waals surface area contributed by atoms with Crippen molar-refractivity contribution >= 4 is 5.82 Å². The molecule has 0 aliphatic carbocycles. The maximum atomic E-state index is 5.99. The molecular weight excluding hydrogens is 246 g/mol. The zero-order chi connectivity index (χ0) is 14.4. The van der Waals surface area contributed by atoms with Crippen LogP contribution in [-0.2, 0) is 6.42 Å². The average molecular weight is 275 g/mol. The van der Waals surface area contributed by atoms with Gasteiger partial charge in [-0.2, -0.15) is 0 Å². The Morgan fingerprint density at radius 3 is 2.60 bits per heavy atom. The molecule has 3 heteroatoms. The van der Waals surface area contributed by atoms with Crippen molar-refractivity contribution in [1.29, 1.82) is 0 Å². The van der Waals surface area contributed by atoms with Crippen LogP contribution in [0.4, 0.5) is 5.82 Å². The molecule has 1 aliphatic rings. The van der Waals surface area contributed by atoms with Crippen molar-refractivity contribution in [2.24, 2.45) is 11.7 Å². The van der Waals surface area contributed by atoms with E-state index in [-0.39, 0.29) is 6.04 Å². The quantitative estimate of drug-likeness (QED) is 0.865. The Morgan fingerprint density at radius 1 is 1.30 bits per heavy atom. The van der Waals surface area contributed by atoms with Crippen LogP contribution in [0.2, 0.25) is 0 Å². The van der Waals surface area contributed by atoms with Crippen LogP contribution in [0.1, 0.15) is 51.5 Å². The minimum atomic E-state index is 0.257. The van der Waals surface area contributed by atoms with Gasteiger partial charge in [0.15, 0.2) is 0 Å². The number of anilines is 1. The molecule has 20 heavy (non-hydrogen) atoms. The molecule has 1 aromatic rings. The largest absolute Gasteiger partial charge is 0.357 e. The molecule has 1 atom stereocenters. The number of hydrogen-bond acceptors (Lipinski definition) is 3. The van der Waals surface area contributed by atoms with Crippen LogP contribution in [-0.4, -0.2) is 24.1 Å². The lowest BCUT2D eigenvalue weighted by molar-refractivity contribution is 0.377. The van der Waals surface area contributed by atoms with E-state index in [4.69, 9.17) is 5.73 Å². The number of aromatic nitrogens is 1. The summed E-state index contributed by atoms with van der Waals surface area (Å²) < 4.78 is 0. The third kappa shape index (κ3) is 4.20. The zero-order valence-corrected chi connectivity index (χ0v) is 13.0. The van der Waals surface area contributed by atoms with Gasteiger partial charge < -0.3 is 10.6 Å². The molecule has 2 heterocycles. The summed E-state index contributed by atoms with van der Waals surface area (Å²) in [5.41, 5.74) is 7.25. The van der Waals surface area contributed by atoms with Gasteiger partial charge in [-0.3, -0.25) is 0 Å². The minimum absolute atomic E-state index is 0.257. The highest BCUT2D eigenvalue weighted by molar-refractivity contribution is 5.39. The predicted octanol–water partition coefficient (Wildman–Crippen LogP) is 3.38. The molecule has 1 unspecified atom stereocenters. The number of nitrogens with zero attached hydrogens (tertiary/aromatic N) is 2. The lowest BCUT2D eigenvalue weighted by Gasteiger charge is -2.32. The first-order valence-electron chi connectivity index (χ1n) is 8.18. The summed E-state index contributed by atoms with van der Waals surface area (Å²) in [5, 5.41) is 0. The van der Waals surface area contributed by atoms with Crippen LogP contribution in [0.25, 0.3) is 0 Å². The first kappa shape index (κ1) is 15.3. The molecule has 0 amide bonds. The monoisotopic (exact) mass is 275 g/mol. The van der Waals surface area contributed by atoms with Crippen LogP contribution < -0.4 is 10.6 Å². The highest BCUT2D eigenvalue weighted by Crippen LogP contribution is 2.24. The summed E-state index contributed by atoms with van der Waals surface area (Å²) in [5.74, 6) is 2.06. The molecule has 1 aliphatic heterocycles. The molecule has 1 fully saturated rings. The Labute approximate surface area is 123 Å². The van der Waals surface area contributed by atoms with Gasteiger partial charge >= 0.3 is 0 Å². The summed E-state index contributed by atoms with van der Waals surface area (Å²) in [4.78, 5) is 7.06. The van der Waals surface area contributed by atoms with E-state index in [0.717, 1.165) is 37.7 Å². The van der Waals surface area contributed by atoms with Gasteiger partial charge in [0.2, 0.25) is 0 Å². The lowest BCUT2D eigenvalue weighted by Crippen LogP contribution is -2.34. The normalized spacial score (nSPS) is 18.2. The Balaban J connectivity index is 1.87. The maximum Gasteiger partial charge on any atom is 0.128 e. The van der Waals surface area contributed by atoms with Gasteiger partial charge in [-0.05, 0) is 43.2 Å². The van der Waals surface area contributed by atoms with Crippen molar-refractivity contribution in [3.63, 3.8) is 0 Å². The van der Waals surface area contributed by atoms with E-state index in [0.29, 0.717) is 0 Å². The number of rotatable bonds is 6. The van der Waals surface area contributed by atoms with Gasteiger partial charge in [0.1, 0.15) is 5.82 Å². The molecule has 2 N–H and O–H groups in total. The third-order valence-electron chi connectivity index (χ3n) is 4.47. The Bertz CT molecular complexity index is 380. The van der Waals surface area contributed by atoms with Crippen LogP contribution in [0.15, 0.2) is 18.3 Å². The smallest absolute Gasteiger partial charge is 0.128 e. The van der Waals surface area contributed by atoms with E-state index in [2.05, 4.69) is 35.9 Å². The topological polar surface area (TPSA) is 42.1 Å². The molecule has 1 saturated heterocycles. The second-order valence-electron chi connectivity index (χ2n) is 6.12. The predicted molar refractivity (Wildman–Crippen MR) is 86.1 cm³/mol. The second-order valence-corrected chi connectivity index (χ2v) is 6.12. The molecular formula is C17H29N3. The first-order chi connectivity index (χ1) is 9.72. The molecule has 0 aromatic carbocycles. The molecule has 3 nitrogen and oxygen atoms in total. The minimum Gasteiger partial charge on any atom is -0.357 e. The van der Waals surface area contributed by atoms with Gasteiger partial charge in [-0.15, -0.1) is 0 Å². The van der Waals surface area contributed by atoms with Gasteiger partial charge in [-0.1, -0.05) is 32.8 Å². The average Bonchev–Trinajstić information content (AvgIpc) is 2.49. The van der Waals surface area contributed by atoms with E-state index >= 15 is 0 Å². The van der Waals surface area contributed by atoms with Crippen LogP contribution in [0.3, 0.4) is 0 Å². The van der Waals surface area contributed by atoms with Crippen LogP contribution in [0.5, 0.6) is 0 Å². The van der Waals surface area contributed by atoms with Crippen molar-refractivity contribution in [1.82, 2.24) is 4.98 Å². The number of piperidine rings is 1. The second kappa shape index (κ2) is 7.63. The zero-order valence-electron chi connectivity index (χ0n) is 13.0. The van der Waals surface area contributed by atoms with Crippen molar-refractivity contribution in [2.75, 3.05) is 18.0 Å². The summed E-state index contributed by atoms with van der Waals surface area (Å²) in [6, 6.07) is 4.61. The summed E-state index contributed by atoms with van der Waals surface area (Å²) >= 11 is 0. The number of nitrogens with two attached hydrogens (primary N) is 1. The number of hydrogen-bond donors (Lipinski definition) is 1. The van der Waals surface area contributed by atoms with Crippen molar-refractivity contribution in [3.05, 3.63) is 23.9 Å². The van der Waals surface area contributed by atoms with Gasteiger partial charge in [0.05, 0.1) is 0 Å². The highest BCUT2D eigenvalue weighted by Gasteiger charge is 2.19. The fourth-order valence-electron chi connectivity index (χ4n) is 3.03. The van der Waals surface area contributed by atoms with Gasteiger partial charge in [0, 0.05) is 25.3 Å².